The molecule has 14 heteroatoms. The Morgan fingerprint density at radius 1 is 0.780 bits per heavy atom. The van der Waals surface area contributed by atoms with Crippen LogP contribution in [0.25, 0.3) is 10.9 Å². The second-order valence-corrected chi connectivity index (χ2v) is 13.5. The number of hydrogen-bond donors (Lipinski definition) is 6. The first-order valence-electron chi connectivity index (χ1n) is 16.5. The summed E-state index contributed by atoms with van der Waals surface area (Å²) in [4.78, 5) is 81.3. The SMILES string of the molecule is CC(C)C[C@H](NC(=O)[C@H](Cc1c[nH]c2ccccc12)NC(=O)OC(C)(C)C)C(=O)N[C@@H](CC(=O)OCc1ccccc1)C(=O)N[C@@H](C)C(N)=O. The van der Waals surface area contributed by atoms with Gasteiger partial charge in [0, 0.05) is 23.5 Å². The van der Waals surface area contributed by atoms with Crippen LogP contribution < -0.4 is 27.0 Å². The molecule has 50 heavy (non-hydrogen) atoms. The van der Waals surface area contributed by atoms with E-state index in [9.17, 15) is 28.8 Å². The third-order valence-corrected chi connectivity index (χ3v) is 7.48. The molecule has 3 rings (SSSR count). The van der Waals surface area contributed by atoms with Crippen molar-refractivity contribution in [2.45, 2.75) is 97.2 Å². The number of aromatic amines is 1. The minimum atomic E-state index is -1.47. The average Bonchev–Trinajstić information content (AvgIpc) is 3.44. The number of nitrogens with one attached hydrogen (secondary N) is 5. The predicted octanol–water partition coefficient (Wildman–Crippen LogP) is 2.74. The van der Waals surface area contributed by atoms with Crippen LogP contribution in [0.3, 0.4) is 0 Å². The monoisotopic (exact) mass is 692 g/mol. The number of alkyl carbamates (subject to hydrolysis) is 1. The zero-order chi connectivity index (χ0) is 37.0. The summed E-state index contributed by atoms with van der Waals surface area (Å²) in [6.07, 6.45) is 0.564. The van der Waals surface area contributed by atoms with E-state index in [-0.39, 0.29) is 25.4 Å². The van der Waals surface area contributed by atoms with Gasteiger partial charge in [0.15, 0.2) is 0 Å². The molecule has 0 aliphatic heterocycles. The van der Waals surface area contributed by atoms with E-state index in [0.29, 0.717) is 0 Å². The van der Waals surface area contributed by atoms with Gasteiger partial charge >= 0.3 is 12.1 Å². The Hall–Kier alpha value is -5.40. The summed E-state index contributed by atoms with van der Waals surface area (Å²) >= 11 is 0. The van der Waals surface area contributed by atoms with E-state index in [2.05, 4.69) is 26.3 Å². The molecule has 0 unspecified atom stereocenters. The van der Waals surface area contributed by atoms with E-state index in [1.54, 1.807) is 51.2 Å². The number of hydrogen-bond acceptors (Lipinski definition) is 8. The molecule has 5 amide bonds. The van der Waals surface area contributed by atoms with Crippen LogP contribution in [0.5, 0.6) is 0 Å². The van der Waals surface area contributed by atoms with Crippen molar-refractivity contribution >= 4 is 46.6 Å². The van der Waals surface area contributed by atoms with Gasteiger partial charge in [0.2, 0.25) is 23.6 Å². The third kappa shape index (κ3) is 12.6. The Kier molecular flexibility index (Phi) is 13.9. The molecule has 270 valence electrons. The number of carbonyl (C=O) groups excluding carboxylic acids is 6. The average molecular weight is 693 g/mol. The Morgan fingerprint density at radius 2 is 1.38 bits per heavy atom. The molecular formula is C36H48N6O8. The fraction of sp³-hybridized carbons (Fsp3) is 0.444. The molecule has 1 aromatic heterocycles. The number of amides is 5. The summed E-state index contributed by atoms with van der Waals surface area (Å²) < 4.78 is 10.7. The quantitative estimate of drug-likeness (QED) is 0.123. The van der Waals surface area contributed by atoms with Gasteiger partial charge in [-0.2, -0.15) is 0 Å². The molecule has 3 aromatic rings. The van der Waals surface area contributed by atoms with E-state index < -0.39 is 71.9 Å². The maximum atomic E-state index is 13.9. The summed E-state index contributed by atoms with van der Waals surface area (Å²) in [6.45, 7) is 10.1. The first-order chi connectivity index (χ1) is 23.5. The van der Waals surface area contributed by atoms with Crippen LogP contribution >= 0.6 is 0 Å². The predicted molar refractivity (Wildman–Crippen MR) is 186 cm³/mol. The second-order valence-electron chi connectivity index (χ2n) is 13.5. The largest absolute Gasteiger partial charge is 0.461 e. The van der Waals surface area contributed by atoms with Gasteiger partial charge in [0.1, 0.15) is 36.4 Å². The van der Waals surface area contributed by atoms with Crippen molar-refractivity contribution in [3.05, 3.63) is 71.9 Å². The number of fused-ring (bicyclic) bond motifs is 1. The highest BCUT2D eigenvalue weighted by atomic mass is 16.6. The molecule has 0 radical (unpaired) electrons. The number of esters is 1. The van der Waals surface area contributed by atoms with Gasteiger partial charge < -0.3 is 41.5 Å². The lowest BCUT2D eigenvalue weighted by Crippen LogP contribution is -2.58. The molecule has 0 saturated heterocycles. The van der Waals surface area contributed by atoms with Crippen molar-refractivity contribution in [2.75, 3.05) is 0 Å². The van der Waals surface area contributed by atoms with Gasteiger partial charge in [-0.15, -0.1) is 0 Å². The van der Waals surface area contributed by atoms with E-state index in [4.69, 9.17) is 15.2 Å². The zero-order valence-electron chi connectivity index (χ0n) is 29.3. The van der Waals surface area contributed by atoms with Crippen molar-refractivity contribution in [3.8, 4) is 0 Å². The van der Waals surface area contributed by atoms with Crippen LogP contribution in [-0.2, 0) is 46.5 Å². The number of aromatic nitrogens is 1. The number of ether oxygens (including phenoxy) is 2. The molecular weight excluding hydrogens is 644 g/mol. The van der Waals surface area contributed by atoms with Crippen molar-refractivity contribution in [1.29, 1.82) is 0 Å². The summed E-state index contributed by atoms with van der Waals surface area (Å²) in [7, 11) is 0. The highest BCUT2D eigenvalue weighted by molar-refractivity contribution is 5.96. The summed E-state index contributed by atoms with van der Waals surface area (Å²) in [5, 5.41) is 11.2. The normalized spacial score (nSPS) is 13.7. The van der Waals surface area contributed by atoms with E-state index >= 15 is 0 Å². The van der Waals surface area contributed by atoms with Gasteiger partial charge in [-0.3, -0.25) is 24.0 Å². The van der Waals surface area contributed by atoms with Crippen LogP contribution in [-0.4, -0.2) is 70.4 Å². The van der Waals surface area contributed by atoms with Gasteiger partial charge in [-0.25, -0.2) is 4.79 Å². The molecule has 0 aliphatic carbocycles. The second kappa shape index (κ2) is 17.8. The molecule has 1 heterocycles. The molecule has 7 N–H and O–H groups in total. The van der Waals surface area contributed by atoms with Crippen LogP contribution in [0.2, 0.25) is 0 Å². The van der Waals surface area contributed by atoms with Crippen LogP contribution in [0.1, 0.15) is 65.5 Å². The zero-order valence-corrected chi connectivity index (χ0v) is 29.3. The number of para-hydroxylation sites is 1. The first kappa shape index (κ1) is 39.0. The number of benzene rings is 2. The van der Waals surface area contributed by atoms with Crippen molar-refractivity contribution in [3.63, 3.8) is 0 Å². The number of rotatable bonds is 16. The molecule has 2 aromatic carbocycles. The molecule has 0 fully saturated rings. The molecule has 0 saturated carbocycles. The fourth-order valence-electron chi connectivity index (χ4n) is 4.99. The molecule has 0 spiro atoms. The van der Waals surface area contributed by atoms with Gasteiger partial charge in [-0.05, 0) is 57.2 Å². The van der Waals surface area contributed by atoms with Crippen molar-refractivity contribution in [1.82, 2.24) is 26.3 Å². The fourth-order valence-corrected chi connectivity index (χ4v) is 4.99. The lowest BCUT2D eigenvalue weighted by molar-refractivity contribution is -0.147. The van der Waals surface area contributed by atoms with Crippen LogP contribution in [0.4, 0.5) is 4.79 Å². The summed E-state index contributed by atoms with van der Waals surface area (Å²) in [5.41, 5.74) is 6.78. The molecule has 14 nitrogen and oxygen atoms in total. The Bertz CT molecular complexity index is 1650. The standard InChI is InChI=1S/C36H48N6O8/c1-21(2)16-27(33(46)41-29(32(45)39-22(3)31(37)44)18-30(43)49-20-23-12-8-7-9-13-23)40-34(47)28(42-35(48)50-36(4,5)6)17-24-19-38-26-15-11-10-14-25(24)26/h7-15,19,21-22,27-29,38H,16-18,20H2,1-6H3,(H2,37,44)(H,39,45)(H,40,47)(H,41,46)(H,42,48)/t22-,27-,28-,29-/m0/s1. The Morgan fingerprint density at radius 3 is 2.02 bits per heavy atom. The lowest BCUT2D eigenvalue weighted by atomic mass is 10.0. The smallest absolute Gasteiger partial charge is 0.408 e. The van der Waals surface area contributed by atoms with Gasteiger partial charge in [0.05, 0.1) is 6.42 Å². The van der Waals surface area contributed by atoms with E-state index in [0.717, 1.165) is 22.0 Å². The van der Waals surface area contributed by atoms with Crippen molar-refractivity contribution in [2.24, 2.45) is 11.7 Å². The topological polar surface area (TPSA) is 211 Å². The lowest BCUT2D eigenvalue weighted by Gasteiger charge is -2.27. The number of carbonyl (C=O) groups is 6. The molecule has 4 atom stereocenters. The van der Waals surface area contributed by atoms with E-state index in [1.807, 2.05) is 44.2 Å². The number of primary amides is 1. The highest BCUT2D eigenvalue weighted by Crippen LogP contribution is 2.20. The third-order valence-electron chi connectivity index (χ3n) is 7.48. The highest BCUT2D eigenvalue weighted by Gasteiger charge is 2.33. The summed E-state index contributed by atoms with van der Waals surface area (Å²) in [6, 6.07) is 11.5. The Balaban J connectivity index is 1.83. The maximum Gasteiger partial charge on any atom is 0.408 e. The van der Waals surface area contributed by atoms with Gasteiger partial charge in [0.25, 0.3) is 0 Å². The number of nitrogens with two attached hydrogens (primary N) is 1. The summed E-state index contributed by atoms with van der Waals surface area (Å²) in [5.74, 6) is -4.00. The van der Waals surface area contributed by atoms with Crippen molar-refractivity contribution < 1.29 is 38.2 Å². The molecule has 0 bridgehead atoms. The molecule has 0 aliphatic rings. The van der Waals surface area contributed by atoms with E-state index in [1.165, 1.54) is 6.92 Å². The Labute approximate surface area is 291 Å². The maximum absolute atomic E-state index is 13.9. The number of H-pyrrole nitrogens is 1. The van der Waals surface area contributed by atoms with Crippen LogP contribution in [0.15, 0.2) is 60.8 Å². The van der Waals surface area contributed by atoms with Crippen LogP contribution in [0, 0.1) is 5.92 Å². The first-order valence-corrected chi connectivity index (χ1v) is 16.5. The van der Waals surface area contributed by atoms with Gasteiger partial charge in [-0.1, -0.05) is 62.4 Å². The minimum Gasteiger partial charge on any atom is -0.461 e. The minimum absolute atomic E-state index is 0.0614.